The molecule has 0 bridgehead atoms. The van der Waals surface area contributed by atoms with E-state index in [1.165, 1.54) is 6.07 Å². The first-order valence-electron chi connectivity index (χ1n) is 8.70. The molecule has 27 heavy (non-hydrogen) atoms. The first kappa shape index (κ1) is 20.3. The van der Waals surface area contributed by atoms with Gasteiger partial charge in [-0.25, -0.2) is 0 Å². The van der Waals surface area contributed by atoms with Crippen LogP contribution >= 0.6 is 11.3 Å². The fourth-order valence-corrected chi connectivity index (χ4v) is 4.00. The standard InChI is InChI=1S/C19H22F3NO3S/c20-19(21,22)14-4-1-3-13(7-14)18-8-15(24)9-23(18)10-16(25)11-26-12-17-5-2-6-27-17/h1-7,15-16,18,24-25H,8-12H2/t15-,16+,18+/m1/s1. The summed E-state index contributed by atoms with van der Waals surface area (Å²) < 4.78 is 44.4. The maximum absolute atomic E-state index is 13.0. The van der Waals surface area contributed by atoms with Crippen LogP contribution in [0.25, 0.3) is 0 Å². The Morgan fingerprint density at radius 2 is 2.07 bits per heavy atom. The van der Waals surface area contributed by atoms with E-state index < -0.39 is 23.9 Å². The van der Waals surface area contributed by atoms with Crippen LogP contribution in [-0.4, -0.2) is 47.0 Å². The molecular formula is C19H22F3NO3S. The Hall–Kier alpha value is -1.45. The van der Waals surface area contributed by atoms with Gasteiger partial charge in [0, 0.05) is 24.0 Å². The van der Waals surface area contributed by atoms with E-state index >= 15 is 0 Å². The highest BCUT2D eigenvalue weighted by Gasteiger charge is 2.35. The number of ether oxygens (including phenoxy) is 1. The molecule has 0 radical (unpaired) electrons. The summed E-state index contributed by atoms with van der Waals surface area (Å²) in [6.07, 6.45) is -5.50. The van der Waals surface area contributed by atoms with Crippen LogP contribution in [0.5, 0.6) is 0 Å². The zero-order valence-corrected chi connectivity index (χ0v) is 15.4. The number of β-amino-alcohol motifs (C(OH)–C–C–N with tert-alkyl or cyclic N) is 2. The van der Waals surface area contributed by atoms with Crippen molar-refractivity contribution in [1.29, 1.82) is 0 Å². The summed E-state index contributed by atoms with van der Waals surface area (Å²) in [5.74, 6) is 0. The van der Waals surface area contributed by atoms with E-state index in [-0.39, 0.29) is 19.2 Å². The second kappa shape index (κ2) is 8.70. The van der Waals surface area contributed by atoms with Crippen molar-refractivity contribution in [2.24, 2.45) is 0 Å². The molecule has 0 amide bonds. The quantitative estimate of drug-likeness (QED) is 0.746. The lowest BCUT2D eigenvalue weighted by Gasteiger charge is -2.27. The lowest BCUT2D eigenvalue weighted by molar-refractivity contribution is -0.137. The molecule has 1 aliphatic rings. The van der Waals surface area contributed by atoms with E-state index in [9.17, 15) is 23.4 Å². The molecule has 8 heteroatoms. The highest BCUT2D eigenvalue weighted by atomic mass is 32.1. The molecular weight excluding hydrogens is 379 g/mol. The van der Waals surface area contributed by atoms with Crippen molar-refractivity contribution in [3.05, 3.63) is 57.8 Å². The Labute approximate surface area is 159 Å². The zero-order valence-electron chi connectivity index (χ0n) is 14.6. The molecule has 148 valence electrons. The minimum Gasteiger partial charge on any atom is -0.392 e. The number of hydrogen-bond donors (Lipinski definition) is 2. The number of benzene rings is 1. The van der Waals surface area contributed by atoms with Gasteiger partial charge in [0.15, 0.2) is 0 Å². The Morgan fingerprint density at radius 1 is 1.26 bits per heavy atom. The Balaban J connectivity index is 1.60. The van der Waals surface area contributed by atoms with Gasteiger partial charge in [-0.05, 0) is 35.6 Å². The number of likely N-dealkylation sites (tertiary alicyclic amines) is 1. The number of aliphatic hydroxyl groups excluding tert-OH is 2. The summed E-state index contributed by atoms with van der Waals surface area (Å²) in [6.45, 7) is 1.07. The second-order valence-electron chi connectivity index (χ2n) is 6.73. The maximum Gasteiger partial charge on any atom is 0.416 e. The summed E-state index contributed by atoms with van der Waals surface area (Å²) in [5.41, 5.74) is -0.214. The largest absolute Gasteiger partial charge is 0.416 e. The highest BCUT2D eigenvalue weighted by molar-refractivity contribution is 7.09. The number of thiophene rings is 1. The fourth-order valence-electron chi connectivity index (χ4n) is 3.36. The molecule has 1 aliphatic heterocycles. The Morgan fingerprint density at radius 3 is 2.78 bits per heavy atom. The van der Waals surface area contributed by atoms with Gasteiger partial charge in [0.25, 0.3) is 0 Å². The minimum absolute atomic E-state index is 0.125. The molecule has 1 saturated heterocycles. The predicted molar refractivity (Wildman–Crippen MR) is 96.4 cm³/mol. The lowest BCUT2D eigenvalue weighted by atomic mass is 10.0. The van der Waals surface area contributed by atoms with Crippen LogP contribution in [0.1, 0.15) is 28.5 Å². The van der Waals surface area contributed by atoms with Gasteiger partial charge < -0.3 is 14.9 Å². The SMILES string of the molecule is O[C@H](COCc1cccs1)CN1C[C@H](O)C[C@H]1c1cccc(C(F)(F)F)c1. The number of hydrogen-bond acceptors (Lipinski definition) is 5. The van der Waals surface area contributed by atoms with Crippen LogP contribution < -0.4 is 0 Å². The lowest BCUT2D eigenvalue weighted by Crippen LogP contribution is -2.35. The fraction of sp³-hybridized carbons (Fsp3) is 0.474. The number of alkyl halides is 3. The molecule has 2 heterocycles. The molecule has 0 spiro atoms. The van der Waals surface area contributed by atoms with Gasteiger partial charge in [0.1, 0.15) is 0 Å². The molecule has 1 fully saturated rings. The van der Waals surface area contributed by atoms with Crippen LogP contribution in [0.4, 0.5) is 13.2 Å². The summed E-state index contributed by atoms with van der Waals surface area (Å²) in [5, 5.41) is 22.2. The second-order valence-corrected chi connectivity index (χ2v) is 7.76. The van der Waals surface area contributed by atoms with E-state index in [2.05, 4.69) is 0 Å². The van der Waals surface area contributed by atoms with Crippen LogP contribution in [0.15, 0.2) is 41.8 Å². The van der Waals surface area contributed by atoms with Gasteiger partial charge in [-0.1, -0.05) is 18.2 Å². The topological polar surface area (TPSA) is 52.9 Å². The number of aliphatic hydroxyl groups is 2. The average molecular weight is 401 g/mol. The van der Waals surface area contributed by atoms with Crippen molar-refractivity contribution in [3.63, 3.8) is 0 Å². The number of halogens is 3. The molecule has 4 nitrogen and oxygen atoms in total. The number of rotatable bonds is 7. The Bertz CT molecular complexity index is 723. The third kappa shape index (κ3) is 5.52. The minimum atomic E-state index is -4.41. The van der Waals surface area contributed by atoms with Crippen LogP contribution in [0, 0.1) is 0 Å². The van der Waals surface area contributed by atoms with Gasteiger partial charge in [0.05, 0.1) is 31.0 Å². The molecule has 0 saturated carbocycles. The smallest absolute Gasteiger partial charge is 0.392 e. The van der Waals surface area contributed by atoms with Gasteiger partial charge in [-0.3, -0.25) is 4.90 Å². The van der Waals surface area contributed by atoms with Crippen LogP contribution in [0.3, 0.4) is 0 Å². The predicted octanol–water partition coefficient (Wildman–Crippen LogP) is 3.45. The van der Waals surface area contributed by atoms with Gasteiger partial charge in [-0.15, -0.1) is 11.3 Å². The third-order valence-electron chi connectivity index (χ3n) is 4.56. The highest BCUT2D eigenvalue weighted by Crippen LogP contribution is 2.36. The molecule has 0 aliphatic carbocycles. The van der Waals surface area contributed by atoms with Crippen molar-refractivity contribution in [2.75, 3.05) is 19.7 Å². The van der Waals surface area contributed by atoms with Crippen molar-refractivity contribution in [3.8, 4) is 0 Å². The van der Waals surface area contributed by atoms with Crippen molar-refractivity contribution >= 4 is 11.3 Å². The summed E-state index contributed by atoms with van der Waals surface area (Å²) in [7, 11) is 0. The summed E-state index contributed by atoms with van der Waals surface area (Å²) in [6, 6.07) is 8.66. The molecule has 2 aromatic rings. The van der Waals surface area contributed by atoms with Gasteiger partial charge in [0.2, 0.25) is 0 Å². The summed E-state index contributed by atoms with van der Waals surface area (Å²) in [4.78, 5) is 2.87. The number of nitrogens with zero attached hydrogens (tertiary/aromatic N) is 1. The summed E-state index contributed by atoms with van der Waals surface area (Å²) >= 11 is 1.57. The first-order chi connectivity index (χ1) is 12.8. The average Bonchev–Trinajstić information content (AvgIpc) is 3.24. The van der Waals surface area contributed by atoms with E-state index in [0.29, 0.717) is 25.1 Å². The molecule has 3 rings (SSSR count). The third-order valence-corrected chi connectivity index (χ3v) is 5.41. The van der Waals surface area contributed by atoms with Gasteiger partial charge >= 0.3 is 6.18 Å². The molecule has 2 N–H and O–H groups in total. The molecule has 3 atom stereocenters. The first-order valence-corrected chi connectivity index (χ1v) is 9.58. The van der Waals surface area contributed by atoms with Crippen molar-refractivity contribution in [2.45, 2.75) is 37.5 Å². The zero-order chi connectivity index (χ0) is 19.4. The maximum atomic E-state index is 13.0. The Kier molecular flexibility index (Phi) is 6.54. The van der Waals surface area contributed by atoms with Crippen LogP contribution in [0.2, 0.25) is 0 Å². The van der Waals surface area contributed by atoms with Crippen LogP contribution in [-0.2, 0) is 17.5 Å². The van der Waals surface area contributed by atoms with E-state index in [0.717, 1.165) is 17.0 Å². The van der Waals surface area contributed by atoms with E-state index in [1.807, 2.05) is 22.4 Å². The van der Waals surface area contributed by atoms with E-state index in [1.54, 1.807) is 17.4 Å². The molecule has 1 aromatic carbocycles. The monoisotopic (exact) mass is 401 g/mol. The van der Waals surface area contributed by atoms with Gasteiger partial charge in [-0.2, -0.15) is 13.2 Å². The normalized spacial score (nSPS) is 22.3. The molecule has 1 aromatic heterocycles. The van der Waals surface area contributed by atoms with E-state index in [4.69, 9.17) is 4.74 Å². The molecule has 0 unspecified atom stereocenters. The van der Waals surface area contributed by atoms with Crippen molar-refractivity contribution < 1.29 is 28.1 Å². The van der Waals surface area contributed by atoms with Crippen molar-refractivity contribution in [1.82, 2.24) is 4.90 Å².